The van der Waals surface area contributed by atoms with Gasteiger partial charge in [0.1, 0.15) is 5.49 Å². The van der Waals surface area contributed by atoms with E-state index < -0.39 is 10.0 Å². The Hall–Kier alpha value is -2.29. The van der Waals surface area contributed by atoms with Gasteiger partial charge in [-0.25, -0.2) is 8.42 Å². The van der Waals surface area contributed by atoms with Gasteiger partial charge in [0.05, 0.1) is 24.2 Å². The second kappa shape index (κ2) is 9.68. The lowest BCUT2D eigenvalue weighted by molar-refractivity contribution is 0.0730. The van der Waals surface area contributed by atoms with Gasteiger partial charge in [-0.05, 0) is 62.1 Å². The highest BCUT2D eigenvalue weighted by molar-refractivity contribution is 7.89. The van der Waals surface area contributed by atoms with Gasteiger partial charge in [-0.3, -0.25) is 14.4 Å². The van der Waals surface area contributed by atoms with Gasteiger partial charge in [0, 0.05) is 24.8 Å². The third kappa shape index (κ3) is 4.87. The average molecular weight is 458 g/mol. The maximum absolute atomic E-state index is 13.5. The van der Waals surface area contributed by atoms with Gasteiger partial charge in [0.25, 0.3) is 5.91 Å². The highest BCUT2D eigenvalue weighted by Crippen LogP contribution is 2.23. The number of carbonyl (C=O) groups excluding carboxylic acids is 1. The van der Waals surface area contributed by atoms with Gasteiger partial charge in [-0.15, -0.1) is 0 Å². The van der Waals surface area contributed by atoms with Crippen LogP contribution >= 0.6 is 0 Å². The molecule has 2 aliphatic rings. The van der Waals surface area contributed by atoms with E-state index in [0.29, 0.717) is 42.9 Å². The lowest BCUT2D eigenvalue weighted by atomic mass is 9.96. The van der Waals surface area contributed by atoms with Crippen LogP contribution in [0, 0.1) is 13.8 Å². The molecule has 0 N–H and O–H groups in total. The normalized spacial score (nSPS) is 19.2. The molecule has 0 bridgehead atoms. The molecule has 1 aromatic heterocycles. The Labute approximate surface area is 189 Å². The number of rotatable bonds is 4. The third-order valence-corrected chi connectivity index (χ3v) is 8.26. The minimum absolute atomic E-state index is 0.170. The molecule has 1 aliphatic heterocycles. The fourth-order valence-electron chi connectivity index (χ4n) is 4.33. The van der Waals surface area contributed by atoms with Crippen LogP contribution in [0.4, 0.5) is 0 Å². The zero-order chi connectivity index (χ0) is 22.7. The minimum atomic E-state index is -3.70. The Morgan fingerprint density at radius 1 is 1.03 bits per heavy atom. The van der Waals surface area contributed by atoms with E-state index in [2.05, 4.69) is 0 Å². The van der Waals surface area contributed by atoms with E-state index in [4.69, 9.17) is 9.73 Å². The van der Waals surface area contributed by atoms with Crippen LogP contribution in [0.1, 0.15) is 53.6 Å². The summed E-state index contributed by atoms with van der Waals surface area (Å²) in [5, 5.41) is 0. The SMILES string of the molecule is Cc1ccn(C(=O)c2ccc(C)c(S(=O)(=O)N3CCOCC3)c2)c(=NC2CCCCC2)c1. The third-order valence-electron chi connectivity index (χ3n) is 6.22. The van der Waals surface area contributed by atoms with E-state index >= 15 is 0 Å². The van der Waals surface area contributed by atoms with Crippen LogP contribution < -0.4 is 5.49 Å². The van der Waals surface area contributed by atoms with Gasteiger partial charge >= 0.3 is 0 Å². The molecule has 7 nitrogen and oxygen atoms in total. The summed E-state index contributed by atoms with van der Waals surface area (Å²) in [4.78, 5) is 18.5. The number of aryl methyl sites for hydroxylation is 2. The maximum atomic E-state index is 13.5. The number of hydrogen-bond donors (Lipinski definition) is 0. The molecular weight excluding hydrogens is 426 g/mol. The van der Waals surface area contributed by atoms with Crippen molar-refractivity contribution in [3.63, 3.8) is 0 Å². The van der Waals surface area contributed by atoms with Crippen LogP contribution in [0.2, 0.25) is 0 Å². The quantitative estimate of drug-likeness (QED) is 0.707. The lowest BCUT2D eigenvalue weighted by Crippen LogP contribution is -2.41. The number of nitrogens with zero attached hydrogens (tertiary/aromatic N) is 3. The van der Waals surface area contributed by atoms with Gasteiger partial charge in [-0.1, -0.05) is 25.3 Å². The zero-order valence-corrected chi connectivity index (χ0v) is 19.6. The number of morpholine rings is 1. The fraction of sp³-hybridized carbons (Fsp3) is 0.500. The maximum Gasteiger partial charge on any atom is 0.263 e. The topological polar surface area (TPSA) is 81.0 Å². The first kappa shape index (κ1) is 22.9. The van der Waals surface area contributed by atoms with Crippen molar-refractivity contribution < 1.29 is 17.9 Å². The van der Waals surface area contributed by atoms with Gasteiger partial charge < -0.3 is 4.74 Å². The number of ether oxygens (including phenoxy) is 1. The summed E-state index contributed by atoms with van der Waals surface area (Å²) in [7, 11) is -3.70. The summed E-state index contributed by atoms with van der Waals surface area (Å²) in [6, 6.07) is 8.91. The van der Waals surface area contributed by atoms with Crippen molar-refractivity contribution in [1.82, 2.24) is 8.87 Å². The Morgan fingerprint density at radius 3 is 2.47 bits per heavy atom. The lowest BCUT2D eigenvalue weighted by Gasteiger charge is -2.26. The summed E-state index contributed by atoms with van der Waals surface area (Å²) in [5.74, 6) is -0.280. The van der Waals surface area contributed by atoms with Crippen molar-refractivity contribution >= 4 is 15.9 Å². The molecule has 0 unspecified atom stereocenters. The fourth-order valence-corrected chi connectivity index (χ4v) is 5.99. The first-order valence-corrected chi connectivity index (χ1v) is 12.8. The van der Waals surface area contributed by atoms with Crippen molar-refractivity contribution in [2.75, 3.05) is 26.3 Å². The number of carbonyl (C=O) groups is 1. The van der Waals surface area contributed by atoms with Crippen molar-refractivity contribution in [2.24, 2.45) is 4.99 Å². The zero-order valence-electron chi connectivity index (χ0n) is 18.8. The molecular formula is C24H31N3O4S. The highest BCUT2D eigenvalue weighted by Gasteiger charge is 2.28. The first-order valence-electron chi connectivity index (χ1n) is 11.3. The molecule has 1 aromatic carbocycles. The number of benzene rings is 1. The summed E-state index contributed by atoms with van der Waals surface area (Å²) in [5.41, 5.74) is 2.61. The molecule has 0 radical (unpaired) electrons. The standard InChI is InChI=1S/C24H31N3O4S/c1-18-10-11-27(23(16-18)25-21-6-4-3-5-7-21)24(28)20-9-8-19(2)22(17-20)32(29,30)26-12-14-31-15-13-26/h8-11,16-17,21H,3-7,12-15H2,1-2H3. The number of pyridine rings is 1. The van der Waals surface area contributed by atoms with Gasteiger partial charge in [-0.2, -0.15) is 4.31 Å². The van der Waals surface area contributed by atoms with E-state index in [9.17, 15) is 13.2 Å². The number of sulfonamides is 1. The smallest absolute Gasteiger partial charge is 0.263 e. The van der Waals surface area contributed by atoms with Crippen LogP contribution in [0.3, 0.4) is 0 Å². The number of hydrogen-bond acceptors (Lipinski definition) is 5. The molecule has 1 saturated heterocycles. The van der Waals surface area contributed by atoms with E-state index in [1.807, 2.05) is 19.1 Å². The molecule has 0 amide bonds. The summed E-state index contributed by atoms with van der Waals surface area (Å²) < 4.78 is 34.7. The summed E-state index contributed by atoms with van der Waals surface area (Å²) >= 11 is 0. The highest BCUT2D eigenvalue weighted by atomic mass is 32.2. The largest absolute Gasteiger partial charge is 0.379 e. The molecule has 0 atom stereocenters. The van der Waals surface area contributed by atoms with Crippen molar-refractivity contribution in [3.05, 3.63) is 58.7 Å². The molecule has 2 aromatic rings. The molecule has 4 rings (SSSR count). The molecule has 2 heterocycles. The molecule has 2 fully saturated rings. The minimum Gasteiger partial charge on any atom is -0.379 e. The van der Waals surface area contributed by atoms with Crippen molar-refractivity contribution in [2.45, 2.75) is 56.9 Å². The predicted octanol–water partition coefficient (Wildman–Crippen LogP) is 3.05. The predicted molar refractivity (Wildman–Crippen MR) is 122 cm³/mol. The summed E-state index contributed by atoms with van der Waals surface area (Å²) in [6.07, 6.45) is 7.37. The molecule has 0 spiro atoms. The monoisotopic (exact) mass is 457 g/mol. The molecule has 172 valence electrons. The van der Waals surface area contributed by atoms with Crippen molar-refractivity contribution in [3.8, 4) is 0 Å². The molecule has 32 heavy (non-hydrogen) atoms. The molecule has 1 saturated carbocycles. The average Bonchev–Trinajstić information content (AvgIpc) is 2.80. The van der Waals surface area contributed by atoms with Gasteiger partial charge in [0.15, 0.2) is 0 Å². The van der Waals surface area contributed by atoms with E-state index in [-0.39, 0.29) is 16.8 Å². The molecule has 8 heteroatoms. The van der Waals surface area contributed by atoms with E-state index in [0.717, 1.165) is 31.2 Å². The van der Waals surface area contributed by atoms with Crippen LogP contribution in [0.5, 0.6) is 0 Å². The Balaban J connectivity index is 1.72. The second-order valence-corrected chi connectivity index (χ2v) is 10.6. The van der Waals surface area contributed by atoms with Crippen LogP contribution in [0.15, 0.2) is 46.4 Å². The van der Waals surface area contributed by atoms with E-state index in [1.54, 1.807) is 25.3 Å². The van der Waals surface area contributed by atoms with Gasteiger partial charge in [0.2, 0.25) is 10.0 Å². The Kier molecular flexibility index (Phi) is 6.93. The Bertz CT molecular complexity index is 1160. The van der Waals surface area contributed by atoms with Crippen molar-refractivity contribution in [1.29, 1.82) is 0 Å². The second-order valence-electron chi connectivity index (χ2n) is 8.66. The molecule has 1 aliphatic carbocycles. The van der Waals surface area contributed by atoms with Crippen LogP contribution in [-0.2, 0) is 14.8 Å². The first-order chi connectivity index (χ1) is 15.4. The summed E-state index contributed by atoms with van der Waals surface area (Å²) in [6.45, 7) is 5.12. The Morgan fingerprint density at radius 2 is 1.75 bits per heavy atom. The van der Waals surface area contributed by atoms with Crippen LogP contribution in [-0.4, -0.2) is 55.5 Å². The van der Waals surface area contributed by atoms with Crippen LogP contribution in [0.25, 0.3) is 0 Å². The van der Waals surface area contributed by atoms with E-state index in [1.165, 1.54) is 21.4 Å². The number of aromatic nitrogens is 1.